The molecule has 1 aliphatic rings. The molecule has 0 unspecified atom stereocenters. The van der Waals surface area contributed by atoms with Crippen molar-refractivity contribution in [3.63, 3.8) is 0 Å². The van der Waals surface area contributed by atoms with Gasteiger partial charge in [-0.2, -0.15) is 0 Å². The van der Waals surface area contributed by atoms with E-state index in [1.165, 1.54) is 0 Å². The Bertz CT molecular complexity index is 1020. The summed E-state index contributed by atoms with van der Waals surface area (Å²) in [5.74, 6) is 3.28. The summed E-state index contributed by atoms with van der Waals surface area (Å²) < 4.78 is 19.0. The van der Waals surface area contributed by atoms with Gasteiger partial charge in [0.2, 0.25) is 0 Å². The minimum atomic E-state index is 0.209. The number of methoxy groups -OCH3 is 2. The van der Waals surface area contributed by atoms with Gasteiger partial charge in [-0.3, -0.25) is 9.88 Å². The lowest BCUT2D eigenvalue weighted by Gasteiger charge is -2.20. The van der Waals surface area contributed by atoms with E-state index in [4.69, 9.17) is 14.2 Å². The van der Waals surface area contributed by atoms with Gasteiger partial charge in [-0.05, 0) is 38.1 Å². The van der Waals surface area contributed by atoms with E-state index in [0.29, 0.717) is 6.54 Å². The number of hydrogen-bond donors (Lipinski definition) is 0. The number of hydrogen-bond acceptors (Lipinski definition) is 8. The van der Waals surface area contributed by atoms with Crippen molar-refractivity contribution in [2.75, 3.05) is 27.9 Å². The molecule has 1 saturated heterocycles. The third kappa shape index (κ3) is 6.25. The maximum Gasteiger partial charge on any atom is 0.191 e. The highest BCUT2D eigenvalue weighted by Crippen LogP contribution is 2.27. The molecule has 9 heteroatoms. The van der Waals surface area contributed by atoms with Crippen molar-refractivity contribution in [2.45, 2.75) is 49.5 Å². The van der Waals surface area contributed by atoms with Gasteiger partial charge in [0.1, 0.15) is 17.3 Å². The number of nitrogens with zero attached hydrogens (tertiary/aromatic N) is 5. The maximum atomic E-state index is 5.91. The molecule has 3 heterocycles. The largest absolute Gasteiger partial charge is 0.497 e. The number of thioether (sulfide) groups is 1. The van der Waals surface area contributed by atoms with E-state index >= 15 is 0 Å². The smallest absolute Gasteiger partial charge is 0.191 e. The summed E-state index contributed by atoms with van der Waals surface area (Å²) in [6.45, 7) is 2.98. The molecule has 1 aromatic carbocycles. The fourth-order valence-corrected chi connectivity index (χ4v) is 4.79. The van der Waals surface area contributed by atoms with Crippen LogP contribution in [0.3, 0.4) is 0 Å². The summed E-state index contributed by atoms with van der Waals surface area (Å²) in [4.78, 5) is 6.64. The van der Waals surface area contributed by atoms with Crippen LogP contribution in [0, 0.1) is 0 Å². The summed E-state index contributed by atoms with van der Waals surface area (Å²) in [6.07, 6.45) is 4.21. The van der Waals surface area contributed by atoms with E-state index in [-0.39, 0.29) is 6.10 Å². The van der Waals surface area contributed by atoms with Crippen molar-refractivity contribution in [3.8, 4) is 11.5 Å². The molecule has 33 heavy (non-hydrogen) atoms. The second-order valence-electron chi connectivity index (χ2n) is 8.10. The molecule has 0 amide bonds. The van der Waals surface area contributed by atoms with Crippen LogP contribution in [0.1, 0.15) is 29.9 Å². The Hall–Kier alpha value is -2.62. The molecule has 0 aliphatic carbocycles. The van der Waals surface area contributed by atoms with Crippen LogP contribution >= 0.6 is 11.8 Å². The highest BCUT2D eigenvalue weighted by molar-refractivity contribution is 7.98. The first-order valence-corrected chi connectivity index (χ1v) is 12.1. The van der Waals surface area contributed by atoms with E-state index in [1.54, 1.807) is 26.0 Å². The predicted molar refractivity (Wildman–Crippen MR) is 128 cm³/mol. The highest BCUT2D eigenvalue weighted by Gasteiger charge is 2.22. The quantitative estimate of drug-likeness (QED) is 0.393. The summed E-state index contributed by atoms with van der Waals surface area (Å²) >= 11 is 1.66. The average molecular weight is 470 g/mol. The molecule has 3 aromatic rings. The molecule has 1 fully saturated rings. The standard InChI is InChI=1S/C24H31N5O3S/c1-28(14-18-9-10-20(30-2)13-22(18)31-3)16-23-26-27-24(29(23)15-21-8-6-12-32-21)33-17-19-7-4-5-11-25-19/h4-5,7,9-11,13,21H,6,8,12,14-17H2,1-3H3/t21-/m1/s1. The normalized spacial score (nSPS) is 15.8. The van der Waals surface area contributed by atoms with Crippen molar-refractivity contribution < 1.29 is 14.2 Å². The fourth-order valence-electron chi connectivity index (χ4n) is 3.91. The second-order valence-corrected chi connectivity index (χ2v) is 9.05. The molecule has 4 rings (SSSR count). The topological polar surface area (TPSA) is 74.5 Å². The van der Waals surface area contributed by atoms with E-state index in [0.717, 1.165) is 72.0 Å². The van der Waals surface area contributed by atoms with Crippen molar-refractivity contribution >= 4 is 11.8 Å². The number of ether oxygens (including phenoxy) is 3. The van der Waals surface area contributed by atoms with E-state index < -0.39 is 0 Å². The van der Waals surface area contributed by atoms with Gasteiger partial charge in [-0.1, -0.05) is 23.9 Å². The molecule has 0 radical (unpaired) electrons. The van der Waals surface area contributed by atoms with Crippen molar-refractivity contribution in [1.82, 2.24) is 24.6 Å². The number of aromatic nitrogens is 4. The zero-order chi connectivity index (χ0) is 23.0. The van der Waals surface area contributed by atoms with Crippen molar-refractivity contribution in [3.05, 3.63) is 59.7 Å². The summed E-state index contributed by atoms with van der Waals surface area (Å²) in [7, 11) is 5.42. The van der Waals surface area contributed by atoms with Gasteiger partial charge in [0.15, 0.2) is 5.16 Å². The van der Waals surface area contributed by atoms with E-state index in [2.05, 4.69) is 31.7 Å². The Morgan fingerprint density at radius 1 is 1.15 bits per heavy atom. The Labute approximate surface area is 199 Å². The van der Waals surface area contributed by atoms with Gasteiger partial charge in [0.05, 0.1) is 39.1 Å². The van der Waals surface area contributed by atoms with Crippen LogP contribution in [0.15, 0.2) is 47.8 Å². The lowest BCUT2D eigenvalue weighted by molar-refractivity contribution is 0.0934. The minimum absolute atomic E-state index is 0.209. The average Bonchev–Trinajstić information content (AvgIpc) is 3.49. The van der Waals surface area contributed by atoms with Crippen molar-refractivity contribution in [1.29, 1.82) is 0 Å². The lowest BCUT2D eigenvalue weighted by atomic mass is 10.2. The first-order chi connectivity index (χ1) is 16.2. The number of rotatable bonds is 11. The van der Waals surface area contributed by atoms with E-state index in [1.807, 2.05) is 42.6 Å². The van der Waals surface area contributed by atoms with Crippen LogP contribution in [-0.2, 0) is 30.1 Å². The van der Waals surface area contributed by atoms with Crippen LogP contribution in [0.4, 0.5) is 0 Å². The summed E-state index contributed by atoms with van der Waals surface area (Å²) in [5.41, 5.74) is 2.12. The van der Waals surface area contributed by atoms with Gasteiger partial charge >= 0.3 is 0 Å². The fraction of sp³-hybridized carbons (Fsp3) is 0.458. The van der Waals surface area contributed by atoms with Gasteiger partial charge in [-0.25, -0.2) is 0 Å². The molecule has 176 valence electrons. The molecule has 2 aromatic heterocycles. The van der Waals surface area contributed by atoms with Crippen LogP contribution in [0.5, 0.6) is 11.5 Å². The van der Waals surface area contributed by atoms with E-state index in [9.17, 15) is 0 Å². The maximum absolute atomic E-state index is 5.91. The molecule has 0 bridgehead atoms. The molecule has 1 atom stereocenters. The highest BCUT2D eigenvalue weighted by atomic mass is 32.2. The Kier molecular flexibility index (Phi) is 8.20. The lowest BCUT2D eigenvalue weighted by Crippen LogP contribution is -2.23. The monoisotopic (exact) mass is 469 g/mol. The second kappa shape index (κ2) is 11.5. The molecule has 0 saturated carbocycles. The van der Waals surface area contributed by atoms with Crippen LogP contribution in [-0.4, -0.2) is 58.6 Å². The number of pyridine rings is 1. The molecular formula is C24H31N5O3S. The number of benzene rings is 1. The van der Waals surface area contributed by atoms with Gasteiger partial charge < -0.3 is 18.8 Å². The Morgan fingerprint density at radius 3 is 2.79 bits per heavy atom. The van der Waals surface area contributed by atoms with Gasteiger partial charge in [0.25, 0.3) is 0 Å². The van der Waals surface area contributed by atoms with Crippen molar-refractivity contribution in [2.24, 2.45) is 0 Å². The summed E-state index contributed by atoms with van der Waals surface area (Å²) in [6, 6.07) is 11.9. The Morgan fingerprint density at radius 2 is 2.06 bits per heavy atom. The zero-order valence-corrected chi connectivity index (χ0v) is 20.3. The van der Waals surface area contributed by atoms with Crippen LogP contribution < -0.4 is 9.47 Å². The summed E-state index contributed by atoms with van der Waals surface area (Å²) in [5, 5.41) is 9.96. The first kappa shape index (κ1) is 23.5. The third-order valence-corrected chi connectivity index (χ3v) is 6.63. The Balaban J connectivity index is 1.48. The molecule has 0 spiro atoms. The minimum Gasteiger partial charge on any atom is -0.497 e. The van der Waals surface area contributed by atoms with Gasteiger partial charge in [-0.15, -0.1) is 10.2 Å². The van der Waals surface area contributed by atoms with Crippen LogP contribution in [0.25, 0.3) is 0 Å². The molecular weight excluding hydrogens is 438 g/mol. The van der Waals surface area contributed by atoms with Crippen LogP contribution in [0.2, 0.25) is 0 Å². The SMILES string of the molecule is COc1ccc(CN(C)Cc2nnc(SCc3ccccn3)n2C[C@H]2CCCO2)c(OC)c1. The predicted octanol–water partition coefficient (Wildman–Crippen LogP) is 3.79. The first-order valence-electron chi connectivity index (χ1n) is 11.1. The zero-order valence-electron chi connectivity index (χ0n) is 19.4. The molecule has 0 N–H and O–H groups in total. The van der Waals surface area contributed by atoms with Gasteiger partial charge in [0, 0.05) is 36.7 Å². The molecule has 1 aliphatic heterocycles. The molecule has 8 nitrogen and oxygen atoms in total. The third-order valence-electron chi connectivity index (χ3n) is 5.62.